The molecule has 6 nitrogen and oxygen atoms in total. The molecule has 0 saturated carbocycles. The molecule has 0 radical (unpaired) electrons. The lowest BCUT2D eigenvalue weighted by Gasteiger charge is -2.48. The molecule has 0 aliphatic carbocycles. The zero-order valence-corrected chi connectivity index (χ0v) is 12.5. The molecule has 3 rings (SSSR count). The van der Waals surface area contributed by atoms with Gasteiger partial charge in [-0.25, -0.2) is 0 Å². The van der Waals surface area contributed by atoms with Crippen molar-refractivity contribution in [1.29, 1.82) is 0 Å². The van der Waals surface area contributed by atoms with Crippen LogP contribution in [0, 0.1) is 0 Å². The van der Waals surface area contributed by atoms with Gasteiger partial charge in [0.05, 0.1) is 18.8 Å². The highest BCUT2D eigenvalue weighted by molar-refractivity contribution is 5.81. The molecule has 2 N–H and O–H groups in total. The summed E-state index contributed by atoms with van der Waals surface area (Å²) >= 11 is 0. The van der Waals surface area contributed by atoms with E-state index in [-0.39, 0.29) is 11.9 Å². The van der Waals surface area contributed by atoms with Crippen LogP contribution in [0.1, 0.15) is 12.7 Å². The van der Waals surface area contributed by atoms with Crippen LogP contribution >= 0.6 is 0 Å². The normalized spacial score (nSPS) is 22.7. The predicted octanol–water partition coefficient (Wildman–Crippen LogP) is -0.126. The van der Waals surface area contributed by atoms with Crippen molar-refractivity contribution >= 4 is 5.91 Å². The summed E-state index contributed by atoms with van der Waals surface area (Å²) in [6, 6.07) is 4.25. The molecule has 1 amide bonds. The Morgan fingerprint density at radius 2 is 2.24 bits per heavy atom. The van der Waals surface area contributed by atoms with E-state index < -0.39 is 0 Å². The average molecular weight is 292 g/mol. The van der Waals surface area contributed by atoms with Crippen LogP contribution in [0.2, 0.25) is 0 Å². The first kappa shape index (κ1) is 14.6. The second-order valence-electron chi connectivity index (χ2n) is 5.87. The molecule has 2 fully saturated rings. The van der Waals surface area contributed by atoms with Gasteiger partial charge in [0, 0.05) is 45.3 Å². The number of furan rings is 1. The average Bonchev–Trinajstić information content (AvgIpc) is 2.97. The molecule has 0 aromatic carbocycles. The number of piperazine rings is 1. The highest BCUT2D eigenvalue weighted by Gasteiger charge is 2.36. The van der Waals surface area contributed by atoms with E-state index >= 15 is 0 Å². The highest BCUT2D eigenvalue weighted by Crippen LogP contribution is 2.18. The van der Waals surface area contributed by atoms with E-state index in [4.69, 9.17) is 4.42 Å². The number of nitrogens with one attached hydrogen (secondary N) is 2. The van der Waals surface area contributed by atoms with Crippen molar-refractivity contribution in [3.63, 3.8) is 0 Å². The molecule has 0 spiro atoms. The molecule has 6 heteroatoms. The molecular formula is C15H24N4O2. The molecule has 2 aliphatic rings. The van der Waals surface area contributed by atoms with E-state index in [0.717, 1.165) is 45.0 Å². The maximum Gasteiger partial charge on any atom is 0.237 e. The third-order valence-electron chi connectivity index (χ3n) is 4.50. The second kappa shape index (κ2) is 6.60. The zero-order valence-electron chi connectivity index (χ0n) is 12.5. The fourth-order valence-corrected chi connectivity index (χ4v) is 2.98. The van der Waals surface area contributed by atoms with Crippen LogP contribution in [0.15, 0.2) is 22.8 Å². The van der Waals surface area contributed by atoms with Gasteiger partial charge >= 0.3 is 0 Å². The van der Waals surface area contributed by atoms with Gasteiger partial charge in [-0.05, 0) is 19.1 Å². The SMILES string of the molecule is CC(C(=O)NCc1ccco1)N1CC(N2CCNCC2)C1. The molecule has 1 unspecified atom stereocenters. The molecule has 1 atom stereocenters. The molecule has 2 saturated heterocycles. The lowest BCUT2D eigenvalue weighted by atomic mass is 10.0. The Hall–Kier alpha value is -1.37. The molecule has 1 aromatic rings. The largest absolute Gasteiger partial charge is 0.467 e. The minimum Gasteiger partial charge on any atom is -0.467 e. The summed E-state index contributed by atoms with van der Waals surface area (Å²) in [4.78, 5) is 16.9. The number of amides is 1. The van der Waals surface area contributed by atoms with Gasteiger partial charge in [-0.1, -0.05) is 0 Å². The summed E-state index contributed by atoms with van der Waals surface area (Å²) in [6.07, 6.45) is 1.62. The van der Waals surface area contributed by atoms with Gasteiger partial charge in [0.25, 0.3) is 0 Å². The van der Waals surface area contributed by atoms with Gasteiger partial charge in [-0.2, -0.15) is 0 Å². The summed E-state index contributed by atoms with van der Waals surface area (Å²) in [5.41, 5.74) is 0. The third kappa shape index (κ3) is 3.45. The minimum atomic E-state index is -0.0703. The smallest absolute Gasteiger partial charge is 0.237 e. The van der Waals surface area contributed by atoms with Gasteiger partial charge in [0.15, 0.2) is 0 Å². The monoisotopic (exact) mass is 292 g/mol. The summed E-state index contributed by atoms with van der Waals surface area (Å²) < 4.78 is 5.22. The van der Waals surface area contributed by atoms with E-state index in [1.165, 1.54) is 0 Å². The lowest BCUT2D eigenvalue weighted by molar-refractivity contribution is -0.129. The maximum atomic E-state index is 12.1. The quantitative estimate of drug-likeness (QED) is 0.792. The Kier molecular flexibility index (Phi) is 4.57. The van der Waals surface area contributed by atoms with Crippen molar-refractivity contribution in [2.75, 3.05) is 39.3 Å². The number of nitrogens with zero attached hydrogens (tertiary/aromatic N) is 2. The van der Waals surface area contributed by atoms with Crippen molar-refractivity contribution in [3.05, 3.63) is 24.2 Å². The summed E-state index contributed by atoms with van der Waals surface area (Å²) in [5.74, 6) is 0.864. The third-order valence-corrected chi connectivity index (χ3v) is 4.50. The first-order valence-corrected chi connectivity index (χ1v) is 7.73. The predicted molar refractivity (Wildman–Crippen MR) is 79.8 cm³/mol. The lowest BCUT2D eigenvalue weighted by Crippen LogP contribution is -2.66. The van der Waals surface area contributed by atoms with Gasteiger partial charge in [-0.15, -0.1) is 0 Å². The Labute approximate surface area is 125 Å². The number of rotatable bonds is 5. The summed E-state index contributed by atoms with van der Waals surface area (Å²) in [5, 5.41) is 6.30. The topological polar surface area (TPSA) is 60.8 Å². The van der Waals surface area contributed by atoms with Crippen LogP contribution in [-0.2, 0) is 11.3 Å². The minimum absolute atomic E-state index is 0.0703. The standard InChI is InChI=1S/C15H24N4O2/c1-12(15(20)17-9-14-3-2-8-21-14)19-10-13(11-19)18-6-4-16-5-7-18/h2-3,8,12-13,16H,4-7,9-11H2,1H3,(H,17,20). The van der Waals surface area contributed by atoms with E-state index in [9.17, 15) is 4.79 Å². The van der Waals surface area contributed by atoms with E-state index in [1.807, 2.05) is 19.1 Å². The molecule has 2 aliphatic heterocycles. The first-order valence-electron chi connectivity index (χ1n) is 7.73. The molecular weight excluding hydrogens is 268 g/mol. The van der Waals surface area contributed by atoms with E-state index in [0.29, 0.717) is 12.6 Å². The number of carbonyl (C=O) groups is 1. The first-order chi connectivity index (χ1) is 10.2. The Balaban J connectivity index is 1.40. The van der Waals surface area contributed by atoms with Gasteiger partial charge < -0.3 is 15.1 Å². The molecule has 3 heterocycles. The molecule has 21 heavy (non-hydrogen) atoms. The van der Waals surface area contributed by atoms with Crippen LogP contribution in [0.3, 0.4) is 0 Å². The van der Waals surface area contributed by atoms with Gasteiger partial charge in [0.2, 0.25) is 5.91 Å². The van der Waals surface area contributed by atoms with Crippen molar-refractivity contribution in [2.45, 2.75) is 25.6 Å². The summed E-state index contributed by atoms with van der Waals surface area (Å²) in [6.45, 7) is 8.84. The highest BCUT2D eigenvalue weighted by atomic mass is 16.3. The second-order valence-corrected chi connectivity index (χ2v) is 5.87. The number of likely N-dealkylation sites (tertiary alicyclic amines) is 1. The fourth-order valence-electron chi connectivity index (χ4n) is 2.98. The van der Waals surface area contributed by atoms with Crippen molar-refractivity contribution in [1.82, 2.24) is 20.4 Å². The Bertz CT molecular complexity index is 450. The maximum absolute atomic E-state index is 12.1. The molecule has 1 aromatic heterocycles. The Morgan fingerprint density at radius 3 is 2.90 bits per heavy atom. The van der Waals surface area contributed by atoms with Crippen LogP contribution < -0.4 is 10.6 Å². The fraction of sp³-hybridized carbons (Fsp3) is 0.667. The molecule has 0 bridgehead atoms. The summed E-state index contributed by atoms with van der Waals surface area (Å²) in [7, 11) is 0. The van der Waals surface area contributed by atoms with Gasteiger partial charge in [0.1, 0.15) is 5.76 Å². The van der Waals surface area contributed by atoms with Crippen molar-refractivity contribution in [3.8, 4) is 0 Å². The van der Waals surface area contributed by atoms with Crippen molar-refractivity contribution < 1.29 is 9.21 Å². The zero-order chi connectivity index (χ0) is 14.7. The number of carbonyl (C=O) groups excluding carboxylic acids is 1. The van der Waals surface area contributed by atoms with E-state index in [2.05, 4.69) is 20.4 Å². The van der Waals surface area contributed by atoms with Crippen molar-refractivity contribution in [2.24, 2.45) is 0 Å². The van der Waals surface area contributed by atoms with E-state index in [1.54, 1.807) is 6.26 Å². The number of hydrogen-bond donors (Lipinski definition) is 2. The number of hydrogen-bond acceptors (Lipinski definition) is 5. The van der Waals surface area contributed by atoms with Crippen LogP contribution in [0.4, 0.5) is 0 Å². The van der Waals surface area contributed by atoms with Gasteiger partial charge in [-0.3, -0.25) is 14.6 Å². The van der Waals surface area contributed by atoms with Crippen LogP contribution in [0.5, 0.6) is 0 Å². The molecule has 116 valence electrons. The van der Waals surface area contributed by atoms with Crippen LogP contribution in [-0.4, -0.2) is 67.1 Å². The van der Waals surface area contributed by atoms with Crippen LogP contribution in [0.25, 0.3) is 0 Å². The Morgan fingerprint density at radius 1 is 1.48 bits per heavy atom.